The largest absolute Gasteiger partial charge is 0.327 e. The summed E-state index contributed by atoms with van der Waals surface area (Å²) < 4.78 is 1.94. The van der Waals surface area contributed by atoms with E-state index in [4.69, 9.17) is 5.73 Å². The van der Waals surface area contributed by atoms with Gasteiger partial charge in [-0.2, -0.15) is 5.10 Å². The van der Waals surface area contributed by atoms with Gasteiger partial charge in [0.15, 0.2) is 0 Å². The highest BCUT2D eigenvalue weighted by atomic mass is 15.3. The van der Waals surface area contributed by atoms with E-state index in [1.807, 2.05) is 11.7 Å². The van der Waals surface area contributed by atoms with Gasteiger partial charge in [-0.25, -0.2) is 0 Å². The molecule has 1 aromatic heterocycles. The van der Waals surface area contributed by atoms with Gasteiger partial charge in [-0.3, -0.25) is 4.68 Å². The molecule has 0 saturated carbocycles. The van der Waals surface area contributed by atoms with Crippen molar-refractivity contribution in [3.63, 3.8) is 0 Å². The maximum absolute atomic E-state index is 6.17. The number of aryl methyl sites for hydroxylation is 2. The standard InChI is InChI=1S/C12H23N3/c1-6-8(2)12(13)7-11-9(3)14-15(5)10(11)4/h8,12H,6-7,13H2,1-5H3. The molecular weight excluding hydrogens is 186 g/mol. The second-order valence-corrected chi connectivity index (χ2v) is 4.53. The third kappa shape index (κ3) is 2.59. The third-order valence-corrected chi connectivity index (χ3v) is 3.47. The van der Waals surface area contributed by atoms with Crippen LogP contribution in [-0.4, -0.2) is 15.8 Å². The molecule has 15 heavy (non-hydrogen) atoms. The number of nitrogens with zero attached hydrogens (tertiary/aromatic N) is 2. The van der Waals surface area contributed by atoms with Crippen molar-refractivity contribution in [2.45, 2.75) is 46.6 Å². The minimum atomic E-state index is 0.247. The third-order valence-electron chi connectivity index (χ3n) is 3.47. The van der Waals surface area contributed by atoms with E-state index in [9.17, 15) is 0 Å². The Morgan fingerprint density at radius 2 is 2.00 bits per heavy atom. The van der Waals surface area contributed by atoms with Crippen LogP contribution in [0, 0.1) is 19.8 Å². The van der Waals surface area contributed by atoms with Gasteiger partial charge >= 0.3 is 0 Å². The van der Waals surface area contributed by atoms with Gasteiger partial charge in [0.2, 0.25) is 0 Å². The van der Waals surface area contributed by atoms with E-state index in [-0.39, 0.29) is 6.04 Å². The van der Waals surface area contributed by atoms with E-state index >= 15 is 0 Å². The molecule has 2 unspecified atom stereocenters. The summed E-state index contributed by atoms with van der Waals surface area (Å²) in [6.07, 6.45) is 2.08. The summed E-state index contributed by atoms with van der Waals surface area (Å²) in [4.78, 5) is 0. The molecule has 2 atom stereocenters. The molecule has 3 heteroatoms. The lowest BCUT2D eigenvalue weighted by molar-refractivity contribution is 0.439. The molecule has 1 heterocycles. The van der Waals surface area contributed by atoms with E-state index < -0.39 is 0 Å². The first kappa shape index (κ1) is 12.2. The second-order valence-electron chi connectivity index (χ2n) is 4.53. The molecule has 0 saturated heterocycles. The van der Waals surface area contributed by atoms with Crippen LogP contribution < -0.4 is 5.73 Å². The van der Waals surface area contributed by atoms with Crippen LogP contribution in [0.3, 0.4) is 0 Å². The molecule has 0 aliphatic heterocycles. The van der Waals surface area contributed by atoms with Gasteiger partial charge in [-0.1, -0.05) is 20.3 Å². The molecule has 86 valence electrons. The average Bonchev–Trinajstić information content (AvgIpc) is 2.43. The second kappa shape index (κ2) is 4.79. The highest BCUT2D eigenvalue weighted by molar-refractivity contribution is 5.25. The van der Waals surface area contributed by atoms with Crippen molar-refractivity contribution in [2.24, 2.45) is 18.7 Å². The first-order valence-corrected chi connectivity index (χ1v) is 5.72. The molecule has 0 aromatic carbocycles. The number of nitrogens with two attached hydrogens (primary N) is 1. The van der Waals surface area contributed by atoms with Gasteiger partial charge in [0.25, 0.3) is 0 Å². The predicted octanol–water partition coefficient (Wildman–Crippen LogP) is 1.95. The van der Waals surface area contributed by atoms with Crippen LogP contribution in [0.1, 0.15) is 37.2 Å². The van der Waals surface area contributed by atoms with Gasteiger partial charge in [-0.15, -0.1) is 0 Å². The monoisotopic (exact) mass is 209 g/mol. The Labute approximate surface area is 92.7 Å². The fourth-order valence-corrected chi connectivity index (χ4v) is 1.85. The maximum atomic E-state index is 6.17. The topological polar surface area (TPSA) is 43.8 Å². The first-order valence-electron chi connectivity index (χ1n) is 5.72. The summed E-state index contributed by atoms with van der Waals surface area (Å²) in [5.74, 6) is 0.573. The summed E-state index contributed by atoms with van der Waals surface area (Å²) in [6.45, 7) is 8.57. The average molecular weight is 209 g/mol. The minimum Gasteiger partial charge on any atom is -0.327 e. The summed E-state index contributed by atoms with van der Waals surface area (Å²) in [6, 6.07) is 0.247. The van der Waals surface area contributed by atoms with Crippen LogP contribution >= 0.6 is 0 Å². The maximum Gasteiger partial charge on any atom is 0.0628 e. The van der Waals surface area contributed by atoms with Gasteiger partial charge in [0, 0.05) is 18.8 Å². The van der Waals surface area contributed by atoms with E-state index in [0.717, 1.165) is 18.5 Å². The molecule has 0 aliphatic carbocycles. The summed E-state index contributed by atoms with van der Waals surface area (Å²) >= 11 is 0. The highest BCUT2D eigenvalue weighted by Crippen LogP contribution is 2.17. The Hall–Kier alpha value is -0.830. The number of aromatic nitrogens is 2. The van der Waals surface area contributed by atoms with Crippen LogP contribution in [0.25, 0.3) is 0 Å². The highest BCUT2D eigenvalue weighted by Gasteiger charge is 2.16. The first-order chi connectivity index (χ1) is 6.97. The lowest BCUT2D eigenvalue weighted by Gasteiger charge is -2.18. The Bertz CT molecular complexity index is 328. The molecule has 0 aliphatic rings. The van der Waals surface area contributed by atoms with Crippen molar-refractivity contribution in [1.82, 2.24) is 9.78 Å². The Balaban J connectivity index is 2.80. The van der Waals surface area contributed by atoms with Crippen LogP contribution in [0.5, 0.6) is 0 Å². The van der Waals surface area contributed by atoms with E-state index in [2.05, 4.69) is 32.8 Å². The van der Waals surface area contributed by atoms with Crippen LogP contribution in [0.15, 0.2) is 0 Å². The molecule has 1 rings (SSSR count). The Kier molecular flexibility index (Phi) is 3.91. The fraction of sp³-hybridized carbons (Fsp3) is 0.750. The zero-order valence-electron chi connectivity index (χ0n) is 10.5. The molecule has 0 amide bonds. The van der Waals surface area contributed by atoms with Crippen LogP contribution in [0.2, 0.25) is 0 Å². The fourth-order valence-electron chi connectivity index (χ4n) is 1.85. The summed E-state index contributed by atoms with van der Waals surface area (Å²) in [5, 5.41) is 4.41. The molecule has 0 radical (unpaired) electrons. The van der Waals surface area contributed by atoms with Crippen molar-refractivity contribution in [1.29, 1.82) is 0 Å². The SMILES string of the molecule is CCC(C)C(N)Cc1c(C)nn(C)c1C. The Morgan fingerprint density at radius 1 is 1.40 bits per heavy atom. The van der Waals surface area contributed by atoms with Gasteiger partial charge in [0.05, 0.1) is 5.69 Å². The van der Waals surface area contributed by atoms with Crippen molar-refractivity contribution >= 4 is 0 Å². The molecule has 0 fully saturated rings. The van der Waals surface area contributed by atoms with Crippen LogP contribution in [-0.2, 0) is 13.5 Å². The van der Waals surface area contributed by atoms with Crippen molar-refractivity contribution in [3.05, 3.63) is 17.0 Å². The predicted molar refractivity (Wildman–Crippen MR) is 63.8 cm³/mol. The van der Waals surface area contributed by atoms with Gasteiger partial charge in [-0.05, 0) is 31.7 Å². The lowest BCUT2D eigenvalue weighted by Crippen LogP contribution is -2.30. The molecule has 1 aromatic rings. The number of rotatable bonds is 4. The number of hydrogen-bond acceptors (Lipinski definition) is 2. The van der Waals surface area contributed by atoms with E-state index in [1.165, 1.54) is 11.3 Å². The zero-order chi connectivity index (χ0) is 11.6. The van der Waals surface area contributed by atoms with Crippen molar-refractivity contribution < 1.29 is 0 Å². The smallest absolute Gasteiger partial charge is 0.0628 e. The minimum absolute atomic E-state index is 0.247. The summed E-state index contributed by atoms with van der Waals surface area (Å²) in [7, 11) is 1.99. The van der Waals surface area contributed by atoms with E-state index in [0.29, 0.717) is 5.92 Å². The van der Waals surface area contributed by atoms with Crippen LogP contribution in [0.4, 0.5) is 0 Å². The summed E-state index contributed by atoms with van der Waals surface area (Å²) in [5.41, 5.74) is 9.86. The normalized spacial score (nSPS) is 15.3. The van der Waals surface area contributed by atoms with Crippen molar-refractivity contribution in [3.8, 4) is 0 Å². The lowest BCUT2D eigenvalue weighted by atomic mass is 9.93. The molecule has 0 spiro atoms. The number of hydrogen-bond donors (Lipinski definition) is 1. The van der Waals surface area contributed by atoms with Crippen molar-refractivity contribution in [2.75, 3.05) is 0 Å². The molecule has 3 nitrogen and oxygen atoms in total. The molecular formula is C12H23N3. The van der Waals surface area contributed by atoms with Gasteiger partial charge < -0.3 is 5.73 Å². The van der Waals surface area contributed by atoms with E-state index in [1.54, 1.807) is 0 Å². The quantitative estimate of drug-likeness (QED) is 0.823. The molecule has 2 N–H and O–H groups in total. The Morgan fingerprint density at radius 3 is 2.40 bits per heavy atom. The molecule has 0 bridgehead atoms. The zero-order valence-corrected chi connectivity index (χ0v) is 10.5. The van der Waals surface area contributed by atoms with Gasteiger partial charge in [0.1, 0.15) is 0 Å².